The van der Waals surface area contributed by atoms with E-state index in [1.165, 1.54) is 43.4 Å². The molecule has 0 aliphatic carbocycles. The lowest BCUT2D eigenvalue weighted by atomic mass is 10.1. The average Bonchev–Trinajstić information content (AvgIpc) is 2.93. The maximum atomic E-state index is 4.52. The van der Waals surface area contributed by atoms with Crippen LogP contribution in [0.5, 0.6) is 0 Å². The number of anilines is 1. The molecule has 0 radical (unpaired) electrons. The molecule has 102 valence electrons. The van der Waals surface area contributed by atoms with Gasteiger partial charge in [-0.2, -0.15) is 0 Å². The maximum absolute atomic E-state index is 4.52. The van der Waals surface area contributed by atoms with Crippen molar-refractivity contribution in [3.63, 3.8) is 0 Å². The van der Waals surface area contributed by atoms with Crippen molar-refractivity contribution < 1.29 is 0 Å². The van der Waals surface area contributed by atoms with Gasteiger partial charge in [0.1, 0.15) is 0 Å². The molecule has 0 N–H and O–H groups in total. The maximum Gasteiger partial charge on any atom is 0.0706 e. The van der Waals surface area contributed by atoms with Crippen molar-refractivity contribution in [1.82, 2.24) is 4.98 Å². The highest BCUT2D eigenvalue weighted by Gasteiger charge is 2.12. The van der Waals surface area contributed by atoms with Crippen LogP contribution in [0.3, 0.4) is 0 Å². The molecule has 1 fully saturated rings. The van der Waals surface area contributed by atoms with E-state index in [1.807, 2.05) is 6.92 Å². The van der Waals surface area contributed by atoms with Crippen LogP contribution in [0.1, 0.15) is 38.8 Å². The SMILES string of the molecule is CCC.Cc1ccc2cc(N3CCCC3)ccc2n1. The van der Waals surface area contributed by atoms with Crippen LogP contribution in [0.2, 0.25) is 0 Å². The minimum absolute atomic E-state index is 1.08. The first-order valence-corrected chi connectivity index (χ1v) is 7.37. The molecule has 1 aliphatic heterocycles. The van der Waals surface area contributed by atoms with E-state index < -0.39 is 0 Å². The van der Waals surface area contributed by atoms with E-state index in [1.54, 1.807) is 0 Å². The molecule has 0 atom stereocenters. The average molecular weight is 256 g/mol. The third-order valence-electron chi connectivity index (χ3n) is 3.28. The lowest BCUT2D eigenvalue weighted by Crippen LogP contribution is -2.17. The van der Waals surface area contributed by atoms with Crippen LogP contribution in [0.15, 0.2) is 30.3 Å². The summed E-state index contributed by atoms with van der Waals surface area (Å²) in [6, 6.07) is 10.8. The van der Waals surface area contributed by atoms with Gasteiger partial charge < -0.3 is 4.90 Å². The first kappa shape index (κ1) is 13.9. The number of pyridine rings is 1. The Bertz CT molecular complexity index is 528. The van der Waals surface area contributed by atoms with E-state index in [9.17, 15) is 0 Å². The van der Waals surface area contributed by atoms with Crippen LogP contribution in [0, 0.1) is 6.92 Å². The van der Waals surface area contributed by atoms with E-state index >= 15 is 0 Å². The molecule has 1 saturated heterocycles. The third-order valence-corrected chi connectivity index (χ3v) is 3.28. The van der Waals surface area contributed by atoms with E-state index in [0.29, 0.717) is 0 Å². The van der Waals surface area contributed by atoms with E-state index in [4.69, 9.17) is 0 Å². The summed E-state index contributed by atoms with van der Waals surface area (Å²) in [7, 11) is 0. The van der Waals surface area contributed by atoms with Crippen molar-refractivity contribution in [3.8, 4) is 0 Å². The van der Waals surface area contributed by atoms with Crippen molar-refractivity contribution in [2.75, 3.05) is 18.0 Å². The molecule has 2 heterocycles. The van der Waals surface area contributed by atoms with Crippen LogP contribution in [-0.4, -0.2) is 18.1 Å². The summed E-state index contributed by atoms with van der Waals surface area (Å²) < 4.78 is 0. The standard InChI is InChI=1S/C14H16N2.C3H8/c1-11-4-5-12-10-13(6-7-14(12)15-11)16-8-2-3-9-16;1-3-2/h4-7,10H,2-3,8-9H2,1H3;3H2,1-2H3. The second kappa shape index (κ2) is 6.55. The number of hydrogen-bond donors (Lipinski definition) is 0. The fraction of sp³-hybridized carbons (Fsp3) is 0.471. The summed E-state index contributed by atoms with van der Waals surface area (Å²) in [6.45, 7) is 8.68. The molecule has 2 aromatic rings. The van der Waals surface area contributed by atoms with Crippen LogP contribution in [-0.2, 0) is 0 Å². The highest BCUT2D eigenvalue weighted by molar-refractivity contribution is 5.82. The molecule has 0 saturated carbocycles. The smallest absolute Gasteiger partial charge is 0.0706 e. The Morgan fingerprint density at radius 3 is 2.42 bits per heavy atom. The Hall–Kier alpha value is -1.57. The number of aromatic nitrogens is 1. The van der Waals surface area contributed by atoms with Crippen LogP contribution < -0.4 is 4.90 Å². The number of aryl methyl sites for hydroxylation is 1. The molecular formula is C17H24N2. The van der Waals surface area contributed by atoms with Gasteiger partial charge >= 0.3 is 0 Å². The Morgan fingerprint density at radius 1 is 1.05 bits per heavy atom. The van der Waals surface area contributed by atoms with Crippen LogP contribution in [0.4, 0.5) is 5.69 Å². The van der Waals surface area contributed by atoms with Gasteiger partial charge in [-0.25, -0.2) is 0 Å². The van der Waals surface area contributed by atoms with E-state index in [-0.39, 0.29) is 0 Å². The summed E-state index contributed by atoms with van der Waals surface area (Å²) in [5.74, 6) is 0. The molecule has 0 amide bonds. The molecule has 0 unspecified atom stereocenters. The first-order chi connectivity index (χ1) is 9.24. The normalized spacial score (nSPS) is 14.4. The highest BCUT2D eigenvalue weighted by atomic mass is 15.1. The lowest BCUT2D eigenvalue weighted by Gasteiger charge is -2.17. The van der Waals surface area contributed by atoms with E-state index in [2.05, 4.69) is 54.1 Å². The zero-order chi connectivity index (χ0) is 13.7. The quantitative estimate of drug-likeness (QED) is 0.743. The molecule has 1 aliphatic rings. The van der Waals surface area contributed by atoms with Crippen molar-refractivity contribution in [1.29, 1.82) is 0 Å². The first-order valence-electron chi connectivity index (χ1n) is 7.37. The lowest BCUT2D eigenvalue weighted by molar-refractivity contribution is 0.949. The monoisotopic (exact) mass is 256 g/mol. The summed E-state index contributed by atoms with van der Waals surface area (Å²) in [6.07, 6.45) is 3.90. The van der Waals surface area contributed by atoms with Crippen molar-refractivity contribution >= 4 is 16.6 Å². The van der Waals surface area contributed by atoms with Gasteiger partial charge in [0.25, 0.3) is 0 Å². The zero-order valence-corrected chi connectivity index (χ0v) is 12.3. The Balaban J connectivity index is 0.000000408. The van der Waals surface area contributed by atoms with Crippen molar-refractivity contribution in [2.45, 2.75) is 40.0 Å². The summed E-state index contributed by atoms with van der Waals surface area (Å²) in [4.78, 5) is 6.98. The van der Waals surface area contributed by atoms with Gasteiger partial charge in [0.2, 0.25) is 0 Å². The van der Waals surface area contributed by atoms with Crippen molar-refractivity contribution in [3.05, 3.63) is 36.0 Å². The highest BCUT2D eigenvalue weighted by Crippen LogP contribution is 2.24. The molecule has 0 spiro atoms. The number of hydrogen-bond acceptors (Lipinski definition) is 2. The molecule has 2 heteroatoms. The van der Waals surface area contributed by atoms with Gasteiger partial charge in [0.15, 0.2) is 0 Å². The Morgan fingerprint density at radius 2 is 1.74 bits per heavy atom. The zero-order valence-electron chi connectivity index (χ0n) is 12.3. The fourth-order valence-electron chi connectivity index (χ4n) is 2.39. The van der Waals surface area contributed by atoms with Gasteiger partial charge in [-0.15, -0.1) is 0 Å². The predicted octanol–water partition coefficient (Wildman–Crippen LogP) is 4.56. The Labute approximate surface area is 116 Å². The number of nitrogens with zero attached hydrogens (tertiary/aromatic N) is 2. The second-order valence-electron chi connectivity index (χ2n) is 5.23. The summed E-state index contributed by atoms with van der Waals surface area (Å²) in [5.41, 5.74) is 3.53. The van der Waals surface area contributed by atoms with Gasteiger partial charge in [-0.1, -0.05) is 26.3 Å². The summed E-state index contributed by atoms with van der Waals surface area (Å²) >= 11 is 0. The molecular weight excluding hydrogens is 232 g/mol. The number of rotatable bonds is 1. The van der Waals surface area contributed by atoms with Gasteiger partial charge in [-0.05, 0) is 44.0 Å². The number of fused-ring (bicyclic) bond motifs is 1. The van der Waals surface area contributed by atoms with E-state index in [0.717, 1.165) is 11.2 Å². The Kier molecular flexibility index (Phi) is 4.78. The minimum Gasteiger partial charge on any atom is -0.372 e. The molecule has 1 aromatic carbocycles. The van der Waals surface area contributed by atoms with Gasteiger partial charge in [-0.3, -0.25) is 4.98 Å². The van der Waals surface area contributed by atoms with Crippen LogP contribution >= 0.6 is 0 Å². The molecule has 2 nitrogen and oxygen atoms in total. The fourth-order valence-corrected chi connectivity index (χ4v) is 2.39. The molecule has 3 rings (SSSR count). The third kappa shape index (κ3) is 3.46. The largest absolute Gasteiger partial charge is 0.372 e. The summed E-state index contributed by atoms with van der Waals surface area (Å²) in [5, 5.41) is 1.25. The molecule has 1 aromatic heterocycles. The van der Waals surface area contributed by atoms with Gasteiger partial charge in [0.05, 0.1) is 5.52 Å². The van der Waals surface area contributed by atoms with Gasteiger partial charge in [0, 0.05) is 29.9 Å². The molecule has 0 bridgehead atoms. The van der Waals surface area contributed by atoms with Crippen LogP contribution in [0.25, 0.3) is 10.9 Å². The predicted molar refractivity (Wildman–Crippen MR) is 83.9 cm³/mol. The minimum atomic E-state index is 1.08. The van der Waals surface area contributed by atoms with Crippen molar-refractivity contribution in [2.24, 2.45) is 0 Å². The molecule has 19 heavy (non-hydrogen) atoms. The topological polar surface area (TPSA) is 16.1 Å². The second-order valence-corrected chi connectivity index (χ2v) is 5.23. The number of benzene rings is 1.